The van der Waals surface area contributed by atoms with Gasteiger partial charge in [-0.05, 0) is 31.0 Å². The van der Waals surface area contributed by atoms with Crippen LogP contribution in [0.4, 0.5) is 28.9 Å². The Bertz CT molecular complexity index is 994. The minimum absolute atomic E-state index is 0.0282. The molecule has 0 atom stereocenters. The highest BCUT2D eigenvalue weighted by Gasteiger charge is 2.32. The van der Waals surface area contributed by atoms with E-state index in [2.05, 4.69) is 10.4 Å². The number of aryl methyl sites for hydroxylation is 2. The van der Waals surface area contributed by atoms with E-state index in [1.807, 2.05) is 13.0 Å². The fourth-order valence-corrected chi connectivity index (χ4v) is 2.70. The number of nitrogens with one attached hydrogen (secondary N) is 1. The highest BCUT2D eigenvalue weighted by Crippen LogP contribution is 2.30. The Labute approximate surface area is 157 Å². The van der Waals surface area contributed by atoms with Crippen molar-refractivity contribution in [3.8, 4) is 0 Å². The Balaban J connectivity index is 1.97. The van der Waals surface area contributed by atoms with E-state index < -0.39 is 40.8 Å². The van der Waals surface area contributed by atoms with Gasteiger partial charge in [-0.3, -0.25) is 9.59 Å². The number of carbonyl (C=O) groups is 2. The summed E-state index contributed by atoms with van der Waals surface area (Å²) in [7, 11) is 0. The van der Waals surface area contributed by atoms with E-state index >= 15 is 0 Å². The molecule has 0 saturated carbocycles. The summed E-state index contributed by atoms with van der Waals surface area (Å²) >= 11 is 0. The van der Waals surface area contributed by atoms with Crippen LogP contribution >= 0.6 is 0 Å². The fourth-order valence-electron chi connectivity index (χ4n) is 2.70. The van der Waals surface area contributed by atoms with Crippen molar-refractivity contribution in [1.82, 2.24) is 0 Å². The highest BCUT2D eigenvalue weighted by atomic mass is 19.2. The third-order valence-electron chi connectivity index (χ3n) is 4.24. The Kier molecular flexibility index (Phi) is 5.17. The number of hydrazone groups is 1. The molecule has 28 heavy (non-hydrogen) atoms. The van der Waals surface area contributed by atoms with Crippen LogP contribution in [0.1, 0.15) is 24.0 Å². The summed E-state index contributed by atoms with van der Waals surface area (Å²) < 4.78 is 55.0. The molecule has 1 N–H and O–H groups in total. The summed E-state index contributed by atoms with van der Waals surface area (Å²) in [6, 6.07) is 5.40. The van der Waals surface area contributed by atoms with Crippen LogP contribution in [0, 0.1) is 37.1 Å². The Morgan fingerprint density at radius 1 is 1.04 bits per heavy atom. The summed E-state index contributed by atoms with van der Waals surface area (Å²) in [4.78, 5) is 24.6. The van der Waals surface area contributed by atoms with Crippen molar-refractivity contribution >= 4 is 28.9 Å². The molecule has 1 aliphatic rings. The lowest BCUT2D eigenvalue weighted by molar-refractivity contribution is -0.118. The average molecular weight is 393 g/mol. The van der Waals surface area contributed by atoms with Gasteiger partial charge in [0, 0.05) is 24.6 Å². The second-order valence-corrected chi connectivity index (χ2v) is 6.34. The molecular weight excluding hydrogens is 378 g/mol. The van der Waals surface area contributed by atoms with Crippen molar-refractivity contribution in [2.45, 2.75) is 26.7 Å². The number of rotatable bonds is 3. The van der Waals surface area contributed by atoms with Gasteiger partial charge in [0.15, 0.2) is 23.3 Å². The van der Waals surface area contributed by atoms with Crippen LogP contribution in [0.3, 0.4) is 0 Å². The van der Waals surface area contributed by atoms with E-state index in [1.54, 1.807) is 19.1 Å². The SMILES string of the molecule is Cc1ccc(C)c(NC(=O)C2=NN(c3c(F)c(F)cc(F)c3F)C(=O)CC2)c1. The molecule has 9 heteroatoms. The topological polar surface area (TPSA) is 61.8 Å². The molecule has 0 aliphatic carbocycles. The molecule has 0 spiro atoms. The first-order valence-electron chi connectivity index (χ1n) is 8.31. The van der Waals surface area contributed by atoms with E-state index in [0.717, 1.165) is 11.1 Å². The van der Waals surface area contributed by atoms with E-state index in [0.29, 0.717) is 5.69 Å². The number of benzene rings is 2. The molecule has 0 unspecified atom stereocenters. The van der Waals surface area contributed by atoms with Gasteiger partial charge in [-0.15, -0.1) is 0 Å². The molecular formula is C19H15F4N3O2. The van der Waals surface area contributed by atoms with Crippen LogP contribution < -0.4 is 10.3 Å². The monoisotopic (exact) mass is 393 g/mol. The van der Waals surface area contributed by atoms with Gasteiger partial charge in [0.25, 0.3) is 5.91 Å². The highest BCUT2D eigenvalue weighted by molar-refractivity contribution is 6.44. The molecule has 0 radical (unpaired) electrons. The molecule has 0 bridgehead atoms. The Morgan fingerprint density at radius 3 is 2.32 bits per heavy atom. The first-order chi connectivity index (χ1) is 13.2. The number of carbonyl (C=O) groups excluding carboxylic acids is 2. The molecule has 0 saturated heterocycles. The van der Waals surface area contributed by atoms with Crippen LogP contribution in [-0.2, 0) is 9.59 Å². The summed E-state index contributed by atoms with van der Waals surface area (Å²) in [5.41, 5.74) is 0.670. The predicted molar refractivity (Wildman–Crippen MR) is 95.0 cm³/mol. The van der Waals surface area contributed by atoms with Crippen LogP contribution in [0.2, 0.25) is 0 Å². The van der Waals surface area contributed by atoms with Gasteiger partial charge >= 0.3 is 0 Å². The maximum atomic E-state index is 14.0. The van der Waals surface area contributed by atoms with Crippen molar-refractivity contribution in [2.24, 2.45) is 5.10 Å². The van der Waals surface area contributed by atoms with E-state index in [9.17, 15) is 27.2 Å². The first-order valence-corrected chi connectivity index (χ1v) is 8.31. The lowest BCUT2D eigenvalue weighted by atomic mass is 10.1. The standard InChI is InChI=1S/C19H15F4N3O2/c1-9-3-4-10(2)14(7-9)24-19(28)13-5-6-15(27)26(25-13)18-16(22)11(20)8-12(21)17(18)23/h3-4,7-8H,5-6H2,1-2H3,(H,24,28). The smallest absolute Gasteiger partial charge is 0.271 e. The molecule has 1 aliphatic heterocycles. The van der Waals surface area contributed by atoms with E-state index in [4.69, 9.17) is 0 Å². The molecule has 5 nitrogen and oxygen atoms in total. The predicted octanol–water partition coefficient (Wildman–Crippen LogP) is 3.98. The summed E-state index contributed by atoms with van der Waals surface area (Å²) in [6.07, 6.45) is -0.400. The maximum absolute atomic E-state index is 14.0. The minimum atomic E-state index is -1.77. The zero-order chi connectivity index (χ0) is 20.6. The molecule has 2 aromatic rings. The van der Waals surface area contributed by atoms with Crippen LogP contribution in [0.15, 0.2) is 29.4 Å². The number of halogens is 4. The van der Waals surface area contributed by atoms with Gasteiger partial charge in [-0.1, -0.05) is 12.1 Å². The van der Waals surface area contributed by atoms with E-state index in [-0.39, 0.29) is 29.6 Å². The minimum Gasteiger partial charge on any atom is -0.321 e. The molecule has 0 fully saturated rings. The van der Waals surface area contributed by atoms with Crippen LogP contribution in [0.5, 0.6) is 0 Å². The van der Waals surface area contributed by atoms with Gasteiger partial charge in [0.2, 0.25) is 5.91 Å². The zero-order valence-electron chi connectivity index (χ0n) is 14.9. The number of amides is 2. The molecule has 1 heterocycles. The Morgan fingerprint density at radius 2 is 1.68 bits per heavy atom. The molecule has 2 aromatic carbocycles. The van der Waals surface area contributed by atoms with Gasteiger partial charge in [-0.2, -0.15) is 10.1 Å². The average Bonchev–Trinajstić information content (AvgIpc) is 2.64. The summed E-state index contributed by atoms with van der Waals surface area (Å²) in [5, 5.41) is 6.47. The van der Waals surface area contributed by atoms with Crippen LogP contribution in [-0.4, -0.2) is 17.5 Å². The van der Waals surface area contributed by atoms with Crippen molar-refractivity contribution < 1.29 is 27.2 Å². The first kappa shape index (κ1) is 19.5. The molecule has 0 aromatic heterocycles. The second-order valence-electron chi connectivity index (χ2n) is 6.34. The van der Waals surface area contributed by atoms with Crippen LogP contribution in [0.25, 0.3) is 0 Å². The van der Waals surface area contributed by atoms with Gasteiger partial charge in [0.1, 0.15) is 11.4 Å². The fraction of sp³-hybridized carbons (Fsp3) is 0.211. The van der Waals surface area contributed by atoms with Crippen molar-refractivity contribution in [2.75, 3.05) is 10.3 Å². The third kappa shape index (κ3) is 3.60. The zero-order valence-corrected chi connectivity index (χ0v) is 14.9. The summed E-state index contributed by atoms with van der Waals surface area (Å²) in [5.74, 6) is -8.48. The lowest BCUT2D eigenvalue weighted by Gasteiger charge is -2.24. The molecule has 2 amide bonds. The molecule has 3 rings (SSSR count). The normalized spacial score (nSPS) is 14.1. The van der Waals surface area contributed by atoms with Crippen molar-refractivity contribution in [3.63, 3.8) is 0 Å². The van der Waals surface area contributed by atoms with Gasteiger partial charge < -0.3 is 5.32 Å². The largest absolute Gasteiger partial charge is 0.321 e. The number of hydrogen-bond acceptors (Lipinski definition) is 3. The lowest BCUT2D eigenvalue weighted by Crippen LogP contribution is -2.37. The maximum Gasteiger partial charge on any atom is 0.271 e. The van der Waals surface area contributed by atoms with Gasteiger partial charge in [0.05, 0.1) is 0 Å². The number of nitrogens with zero attached hydrogens (tertiary/aromatic N) is 2. The van der Waals surface area contributed by atoms with E-state index in [1.165, 1.54) is 0 Å². The van der Waals surface area contributed by atoms with Crippen molar-refractivity contribution in [1.29, 1.82) is 0 Å². The third-order valence-corrected chi connectivity index (χ3v) is 4.24. The number of hydrogen-bond donors (Lipinski definition) is 1. The van der Waals surface area contributed by atoms with Crippen molar-refractivity contribution in [3.05, 3.63) is 58.7 Å². The van der Waals surface area contributed by atoms with Gasteiger partial charge in [-0.25, -0.2) is 17.6 Å². The molecule has 146 valence electrons. The second kappa shape index (κ2) is 7.41. The number of anilines is 2. The summed E-state index contributed by atoms with van der Waals surface area (Å²) in [6.45, 7) is 3.60. The quantitative estimate of drug-likeness (QED) is 0.633. The Hall–Kier alpha value is -3.23.